The molecule has 0 radical (unpaired) electrons. The molecule has 2 aliphatic carbocycles. The number of hydrogen-bond acceptors (Lipinski definition) is 6. The van der Waals surface area contributed by atoms with Gasteiger partial charge in [-0.3, -0.25) is 0 Å². The molecule has 0 aliphatic heterocycles. The normalized spacial score (nSPS) is 16.1. The average Bonchev–Trinajstić information content (AvgIpc) is 3.11. The van der Waals surface area contributed by atoms with E-state index in [4.69, 9.17) is 25.9 Å². The maximum atomic E-state index is 9.08. The number of hydrogen-bond donors (Lipinski definition) is 0. The molecular weight excluding hydrogens is 516 g/mol. The Morgan fingerprint density at radius 1 is 0.774 bits per heavy atom. The van der Waals surface area contributed by atoms with Gasteiger partial charge < -0.3 is 9.11 Å². The van der Waals surface area contributed by atoms with Gasteiger partial charge in [0.1, 0.15) is 0 Å². The average molecular weight is 552 g/mol. The fourth-order valence-electron chi connectivity index (χ4n) is 3.32. The summed E-state index contributed by atoms with van der Waals surface area (Å²) in [5, 5.41) is 0. The second kappa shape index (κ2) is 14.7. The van der Waals surface area contributed by atoms with Crippen molar-refractivity contribution in [2.24, 2.45) is 0 Å². The number of unbranched alkanes of at least 4 members (excludes halogenated alkanes) is 2. The molecule has 0 atom stereocenters. The van der Waals surface area contributed by atoms with Crippen molar-refractivity contribution in [2.75, 3.05) is 12.5 Å². The van der Waals surface area contributed by atoms with E-state index < -0.39 is 43.5 Å². The van der Waals surface area contributed by atoms with Gasteiger partial charge in [0.2, 0.25) is 0 Å². The third kappa shape index (κ3) is 16.0. The minimum absolute atomic E-state index is 0.516. The minimum Gasteiger partial charge on any atom is -0.748 e. The van der Waals surface area contributed by atoms with E-state index in [0.717, 1.165) is 0 Å². The van der Waals surface area contributed by atoms with Crippen LogP contribution in [0, 0.1) is 0 Å². The molecule has 0 fully saturated rings. The fourth-order valence-corrected chi connectivity index (χ4v) is 7.54. The maximum absolute atomic E-state index is 9.08. The molecule has 0 saturated heterocycles. The van der Waals surface area contributed by atoms with Crippen LogP contribution in [0.15, 0.2) is 41.0 Å². The first-order chi connectivity index (χ1) is 14.2. The van der Waals surface area contributed by atoms with Crippen LogP contribution in [0.1, 0.15) is 79.1 Å². The molecule has 0 aromatic rings. The molecule has 2 rings (SSSR count). The SMILES string of the molecule is CCCCC1=[C]([Zr+2][C]2=C(CCCC)C(C)=CC2)CC=C1C.CS(=O)(=O)[O-].CS(=O)(=O)[O-]. The maximum Gasteiger partial charge on any atom is 0.0916 e. The van der Waals surface area contributed by atoms with Gasteiger partial charge in [-0.05, 0) is 0 Å². The summed E-state index contributed by atoms with van der Waals surface area (Å²) in [4.78, 5) is 0. The molecule has 0 bridgehead atoms. The molecule has 9 heteroatoms. The van der Waals surface area contributed by atoms with Crippen LogP contribution in [0.3, 0.4) is 0 Å². The van der Waals surface area contributed by atoms with Gasteiger partial charge in [0.05, 0.1) is 20.2 Å². The van der Waals surface area contributed by atoms with Crippen molar-refractivity contribution in [1.29, 1.82) is 0 Å². The number of allylic oxidation sites excluding steroid dienone is 8. The van der Waals surface area contributed by atoms with Gasteiger partial charge in [-0.1, -0.05) is 0 Å². The predicted octanol–water partition coefficient (Wildman–Crippen LogP) is 4.98. The van der Waals surface area contributed by atoms with Crippen molar-refractivity contribution in [2.45, 2.75) is 79.1 Å². The van der Waals surface area contributed by atoms with Crippen LogP contribution < -0.4 is 0 Å². The van der Waals surface area contributed by atoms with Crippen LogP contribution in [0.25, 0.3) is 0 Å². The second-order valence-corrected chi connectivity index (χ2v) is 14.2. The number of rotatable bonds is 8. The van der Waals surface area contributed by atoms with Gasteiger partial charge in [0.25, 0.3) is 0 Å². The van der Waals surface area contributed by atoms with Gasteiger partial charge in [0, 0.05) is 12.5 Å². The van der Waals surface area contributed by atoms with Crippen molar-refractivity contribution in [3.05, 3.63) is 41.0 Å². The fraction of sp³-hybridized carbons (Fsp3) is 0.636. The Morgan fingerprint density at radius 2 is 1.06 bits per heavy atom. The Hall–Kier alpha value is -0.337. The molecule has 0 aromatic heterocycles. The largest absolute Gasteiger partial charge is 0.748 e. The van der Waals surface area contributed by atoms with Gasteiger partial charge in [-0.15, -0.1) is 0 Å². The van der Waals surface area contributed by atoms with E-state index in [1.165, 1.54) is 51.4 Å². The van der Waals surface area contributed by atoms with Crippen LogP contribution in [-0.2, 0) is 43.5 Å². The van der Waals surface area contributed by atoms with E-state index >= 15 is 0 Å². The third-order valence-electron chi connectivity index (χ3n) is 4.77. The molecule has 0 N–H and O–H groups in total. The smallest absolute Gasteiger partial charge is 0.0916 e. The Labute approximate surface area is 201 Å². The second-order valence-electron chi connectivity index (χ2n) is 7.84. The van der Waals surface area contributed by atoms with E-state index in [1.807, 2.05) is 6.56 Å². The molecule has 176 valence electrons. The first kappa shape index (κ1) is 30.7. The van der Waals surface area contributed by atoms with Gasteiger partial charge >= 0.3 is 143 Å². The van der Waals surface area contributed by atoms with Crippen molar-refractivity contribution >= 4 is 20.2 Å². The summed E-state index contributed by atoms with van der Waals surface area (Å²) in [6.07, 6.45) is 16.8. The Balaban J connectivity index is 0.000000752. The molecular formula is C22H36O6S2Zr. The summed E-state index contributed by atoms with van der Waals surface area (Å²) < 4.78 is 58.2. The van der Waals surface area contributed by atoms with Crippen molar-refractivity contribution in [3.8, 4) is 0 Å². The monoisotopic (exact) mass is 550 g/mol. The molecule has 2 aliphatic rings. The Bertz CT molecular complexity index is 831. The van der Waals surface area contributed by atoms with Crippen LogP contribution in [-0.4, -0.2) is 38.5 Å². The standard InChI is InChI=1S/2C10H15.2CH4O3S.Zr/c2*1-3-4-7-10-8-5-6-9(10)2;2*1-5(2,3)4;/h2*6H,3-5,7H2,1-2H3;2*1H3,(H,2,3,4);/q;;;;+2/p-2. The summed E-state index contributed by atoms with van der Waals surface area (Å²) >= 11 is -0.516. The first-order valence-corrected chi connectivity index (χ1v) is 16.6. The molecule has 0 spiro atoms. The van der Waals surface area contributed by atoms with Crippen LogP contribution >= 0.6 is 0 Å². The molecule has 31 heavy (non-hydrogen) atoms. The summed E-state index contributed by atoms with van der Waals surface area (Å²) in [6.45, 7) is 9.29. The van der Waals surface area contributed by atoms with Crippen LogP contribution in [0.5, 0.6) is 0 Å². The van der Waals surface area contributed by atoms with E-state index in [1.54, 1.807) is 22.3 Å². The van der Waals surface area contributed by atoms with Crippen LogP contribution in [0.2, 0.25) is 0 Å². The van der Waals surface area contributed by atoms with Gasteiger partial charge in [0.15, 0.2) is 0 Å². The summed E-state index contributed by atoms with van der Waals surface area (Å²) in [7, 11) is -7.83. The van der Waals surface area contributed by atoms with E-state index in [0.29, 0.717) is 12.5 Å². The summed E-state index contributed by atoms with van der Waals surface area (Å²) in [5.41, 5.74) is 6.71. The van der Waals surface area contributed by atoms with E-state index in [2.05, 4.69) is 39.8 Å². The quantitative estimate of drug-likeness (QED) is 0.393. The van der Waals surface area contributed by atoms with E-state index in [9.17, 15) is 0 Å². The van der Waals surface area contributed by atoms with Crippen molar-refractivity contribution in [1.82, 2.24) is 0 Å². The minimum atomic E-state index is -3.92. The predicted molar refractivity (Wildman–Crippen MR) is 121 cm³/mol. The zero-order valence-electron chi connectivity index (χ0n) is 19.6. The van der Waals surface area contributed by atoms with Crippen molar-refractivity contribution in [3.63, 3.8) is 0 Å². The molecule has 0 unspecified atom stereocenters. The molecule has 0 aromatic carbocycles. The van der Waals surface area contributed by atoms with Crippen molar-refractivity contribution < 1.29 is 49.2 Å². The molecule has 6 nitrogen and oxygen atoms in total. The van der Waals surface area contributed by atoms with Crippen LogP contribution in [0.4, 0.5) is 0 Å². The summed E-state index contributed by atoms with van der Waals surface area (Å²) in [6, 6.07) is 0. The molecule has 0 amide bonds. The van der Waals surface area contributed by atoms with Gasteiger partial charge in [-0.25, -0.2) is 16.8 Å². The van der Waals surface area contributed by atoms with E-state index in [-0.39, 0.29) is 0 Å². The zero-order chi connectivity index (χ0) is 24.2. The Kier molecular flexibility index (Phi) is 14.6. The third-order valence-corrected chi connectivity index (χ3v) is 8.74. The zero-order valence-corrected chi connectivity index (χ0v) is 23.7. The first-order valence-electron chi connectivity index (χ1n) is 10.5. The topological polar surface area (TPSA) is 114 Å². The van der Waals surface area contributed by atoms with Gasteiger partial charge in [-0.2, -0.15) is 0 Å². The Morgan fingerprint density at radius 3 is 1.32 bits per heavy atom. The molecule has 0 heterocycles. The summed E-state index contributed by atoms with van der Waals surface area (Å²) in [5.74, 6) is 0. The molecule has 0 saturated carbocycles.